The van der Waals surface area contributed by atoms with Gasteiger partial charge in [-0.15, -0.1) is 0 Å². The molecule has 0 saturated heterocycles. The van der Waals surface area contributed by atoms with Crippen LogP contribution in [-0.2, 0) is 11.0 Å². The van der Waals surface area contributed by atoms with Gasteiger partial charge in [-0.25, -0.2) is 13.2 Å². The third-order valence-corrected chi connectivity index (χ3v) is 4.52. The maximum atomic E-state index is 12.2. The van der Waals surface area contributed by atoms with Crippen LogP contribution in [-0.4, -0.2) is 31.5 Å². The molecule has 0 bridgehead atoms. The van der Waals surface area contributed by atoms with E-state index in [-0.39, 0.29) is 0 Å². The van der Waals surface area contributed by atoms with Crippen molar-refractivity contribution >= 4 is 22.0 Å². The summed E-state index contributed by atoms with van der Waals surface area (Å²) in [5.74, 6) is 1.38. The highest BCUT2D eigenvalue weighted by Crippen LogP contribution is 2.32. The lowest BCUT2D eigenvalue weighted by molar-refractivity contribution is 0.408. The maximum Gasteiger partial charge on any atom is 0.172 e. The number of hydrogen-bond acceptors (Lipinski definition) is 4. The lowest BCUT2D eigenvalue weighted by Gasteiger charge is -2.12. The molecule has 0 aliphatic rings. The van der Waals surface area contributed by atoms with Crippen molar-refractivity contribution in [2.24, 2.45) is 0 Å². The van der Waals surface area contributed by atoms with E-state index in [0.29, 0.717) is 11.5 Å². The van der Waals surface area contributed by atoms with Gasteiger partial charge in [0.25, 0.3) is 0 Å². The lowest BCUT2D eigenvalue weighted by Crippen LogP contribution is -2.06. The Morgan fingerprint density at radius 3 is 2.64 bits per heavy atom. The molecule has 0 saturated carbocycles. The van der Waals surface area contributed by atoms with Crippen LogP contribution >= 0.6 is 0 Å². The van der Waals surface area contributed by atoms with E-state index in [1.165, 1.54) is 0 Å². The van der Waals surface area contributed by atoms with Crippen LogP contribution < -0.4 is 4.74 Å². The molecule has 2 heterocycles. The third-order valence-electron chi connectivity index (χ3n) is 3.63. The minimum atomic E-state index is -1.23. The number of methoxy groups -OCH3 is 1. The SMILES string of the molecule is COc1c(C)cnc(-c2nc3ccccc3n2S(C)=O)c1C. The van der Waals surface area contributed by atoms with E-state index in [9.17, 15) is 4.21 Å². The van der Waals surface area contributed by atoms with Gasteiger partial charge in [0, 0.05) is 23.6 Å². The van der Waals surface area contributed by atoms with Crippen LogP contribution in [0.4, 0.5) is 0 Å². The molecule has 3 rings (SSSR count). The molecule has 5 nitrogen and oxygen atoms in total. The van der Waals surface area contributed by atoms with Gasteiger partial charge in [-0.2, -0.15) is 0 Å². The molecule has 1 unspecified atom stereocenters. The summed E-state index contributed by atoms with van der Waals surface area (Å²) in [5.41, 5.74) is 4.18. The number of ether oxygens (including phenoxy) is 1. The summed E-state index contributed by atoms with van der Waals surface area (Å²) in [6, 6.07) is 7.64. The zero-order valence-corrected chi connectivity index (χ0v) is 13.8. The van der Waals surface area contributed by atoms with E-state index in [2.05, 4.69) is 9.97 Å². The predicted molar refractivity (Wildman–Crippen MR) is 88.5 cm³/mol. The average molecular weight is 315 g/mol. The van der Waals surface area contributed by atoms with Crippen molar-refractivity contribution in [2.75, 3.05) is 13.4 Å². The van der Waals surface area contributed by atoms with Crippen LogP contribution in [0.3, 0.4) is 0 Å². The molecule has 0 aliphatic carbocycles. The number of hydrogen-bond donors (Lipinski definition) is 0. The van der Waals surface area contributed by atoms with Gasteiger partial charge in [0.2, 0.25) is 0 Å². The summed E-state index contributed by atoms with van der Waals surface area (Å²) in [5, 5.41) is 0. The van der Waals surface area contributed by atoms with E-state index >= 15 is 0 Å². The topological polar surface area (TPSA) is 57.0 Å². The number of rotatable bonds is 3. The van der Waals surface area contributed by atoms with Gasteiger partial charge in [-0.1, -0.05) is 12.1 Å². The Bertz CT molecular complexity index is 886. The molecule has 1 atom stereocenters. The second-order valence-electron chi connectivity index (χ2n) is 5.09. The Labute approximate surface area is 131 Å². The smallest absolute Gasteiger partial charge is 0.172 e. The minimum absolute atomic E-state index is 0.595. The summed E-state index contributed by atoms with van der Waals surface area (Å²) < 4.78 is 19.4. The number of aromatic nitrogens is 3. The molecule has 114 valence electrons. The number of imidazole rings is 1. The van der Waals surface area contributed by atoms with Gasteiger partial charge in [-0.3, -0.25) is 4.98 Å². The largest absolute Gasteiger partial charge is 0.496 e. The van der Waals surface area contributed by atoms with Gasteiger partial charge < -0.3 is 4.74 Å². The number of fused-ring (bicyclic) bond motifs is 1. The molecule has 0 amide bonds. The molecule has 22 heavy (non-hydrogen) atoms. The number of pyridine rings is 1. The van der Waals surface area contributed by atoms with Gasteiger partial charge in [-0.05, 0) is 26.0 Å². The first-order valence-electron chi connectivity index (χ1n) is 6.86. The van der Waals surface area contributed by atoms with E-state index in [1.54, 1.807) is 23.5 Å². The number of nitrogens with zero attached hydrogens (tertiary/aromatic N) is 3. The molecule has 3 aromatic rings. The van der Waals surface area contributed by atoms with Gasteiger partial charge in [0.05, 0.1) is 18.1 Å². The zero-order chi connectivity index (χ0) is 15.9. The first-order chi connectivity index (χ1) is 10.5. The number of benzene rings is 1. The van der Waals surface area contributed by atoms with Crippen molar-refractivity contribution in [3.63, 3.8) is 0 Å². The molecular formula is C16H17N3O2S. The summed E-state index contributed by atoms with van der Waals surface area (Å²) in [7, 11) is 0.406. The molecule has 0 radical (unpaired) electrons. The quantitative estimate of drug-likeness (QED) is 0.746. The Hall–Kier alpha value is -2.21. The molecular weight excluding hydrogens is 298 g/mol. The fraction of sp³-hybridized carbons (Fsp3) is 0.250. The molecule has 0 aliphatic heterocycles. The maximum absolute atomic E-state index is 12.2. The Kier molecular flexibility index (Phi) is 3.70. The van der Waals surface area contributed by atoms with E-state index in [0.717, 1.165) is 27.9 Å². The highest BCUT2D eigenvalue weighted by atomic mass is 32.2. The normalized spacial score (nSPS) is 12.5. The third kappa shape index (κ3) is 2.20. The van der Waals surface area contributed by atoms with Crippen molar-refractivity contribution < 1.29 is 8.95 Å². The fourth-order valence-electron chi connectivity index (χ4n) is 2.67. The molecule has 0 spiro atoms. The fourth-order valence-corrected chi connectivity index (χ4v) is 3.48. The molecule has 1 aromatic carbocycles. The molecule has 0 N–H and O–H groups in total. The van der Waals surface area contributed by atoms with Crippen LogP contribution in [0.1, 0.15) is 11.1 Å². The summed E-state index contributed by atoms with van der Waals surface area (Å²) in [4.78, 5) is 9.12. The zero-order valence-electron chi connectivity index (χ0n) is 13.0. The Balaban J connectivity index is 2.36. The standard InChI is InChI=1S/C16H17N3O2S/c1-10-9-17-14(11(2)15(10)21-3)16-18-12-7-5-6-8-13(12)19(16)22(4)20/h5-9H,1-4H3. The van der Waals surface area contributed by atoms with Crippen molar-refractivity contribution in [3.05, 3.63) is 41.6 Å². The van der Waals surface area contributed by atoms with E-state index in [4.69, 9.17) is 4.74 Å². The second kappa shape index (κ2) is 5.53. The highest BCUT2D eigenvalue weighted by Gasteiger charge is 2.20. The predicted octanol–water partition coefficient (Wildman–Crippen LogP) is 2.87. The number of aryl methyl sites for hydroxylation is 1. The van der Waals surface area contributed by atoms with Gasteiger partial charge in [0.15, 0.2) is 5.82 Å². The van der Waals surface area contributed by atoms with Gasteiger partial charge >= 0.3 is 0 Å². The summed E-state index contributed by atoms with van der Waals surface area (Å²) >= 11 is 0. The van der Waals surface area contributed by atoms with Crippen LogP contribution in [0, 0.1) is 13.8 Å². The highest BCUT2D eigenvalue weighted by molar-refractivity contribution is 7.83. The monoisotopic (exact) mass is 315 g/mol. The summed E-state index contributed by atoms with van der Waals surface area (Å²) in [6.07, 6.45) is 3.39. The van der Waals surface area contributed by atoms with Crippen LogP contribution in [0.5, 0.6) is 5.75 Å². The minimum Gasteiger partial charge on any atom is -0.496 e. The van der Waals surface area contributed by atoms with E-state index < -0.39 is 11.0 Å². The van der Waals surface area contributed by atoms with Crippen LogP contribution in [0.15, 0.2) is 30.5 Å². The van der Waals surface area contributed by atoms with Crippen molar-refractivity contribution in [2.45, 2.75) is 13.8 Å². The Morgan fingerprint density at radius 2 is 1.95 bits per heavy atom. The van der Waals surface area contributed by atoms with Crippen molar-refractivity contribution in [1.29, 1.82) is 0 Å². The second-order valence-corrected chi connectivity index (χ2v) is 6.30. The Morgan fingerprint density at radius 1 is 1.23 bits per heavy atom. The van der Waals surface area contributed by atoms with Gasteiger partial charge in [0.1, 0.15) is 22.4 Å². The first-order valence-corrected chi connectivity index (χ1v) is 8.38. The van der Waals surface area contributed by atoms with Crippen molar-refractivity contribution in [3.8, 4) is 17.3 Å². The lowest BCUT2D eigenvalue weighted by atomic mass is 10.1. The van der Waals surface area contributed by atoms with Crippen LogP contribution in [0.25, 0.3) is 22.6 Å². The van der Waals surface area contributed by atoms with Crippen LogP contribution in [0.2, 0.25) is 0 Å². The number of para-hydroxylation sites is 2. The van der Waals surface area contributed by atoms with Crippen molar-refractivity contribution in [1.82, 2.24) is 13.9 Å². The molecule has 0 fully saturated rings. The first kappa shape index (κ1) is 14.7. The molecule has 2 aromatic heterocycles. The summed E-state index contributed by atoms with van der Waals surface area (Å²) in [6.45, 7) is 3.89. The molecule has 6 heteroatoms. The average Bonchev–Trinajstić information content (AvgIpc) is 2.87. The van der Waals surface area contributed by atoms with E-state index in [1.807, 2.05) is 38.1 Å².